The van der Waals surface area contributed by atoms with Gasteiger partial charge in [0.2, 0.25) is 0 Å². The molecule has 4 nitrogen and oxygen atoms in total. The van der Waals surface area contributed by atoms with Gasteiger partial charge in [-0.3, -0.25) is 9.59 Å². The lowest BCUT2D eigenvalue weighted by Crippen LogP contribution is -2.34. The van der Waals surface area contributed by atoms with Crippen LogP contribution in [0.15, 0.2) is 48.5 Å². The van der Waals surface area contributed by atoms with E-state index in [2.05, 4.69) is 33.2 Å². The Labute approximate surface area is 141 Å². The number of amides is 2. The van der Waals surface area contributed by atoms with Gasteiger partial charge >= 0.3 is 11.8 Å². The summed E-state index contributed by atoms with van der Waals surface area (Å²) >= 11 is 7.94. The van der Waals surface area contributed by atoms with E-state index in [1.54, 1.807) is 36.4 Å². The van der Waals surface area contributed by atoms with Crippen molar-refractivity contribution >= 4 is 51.7 Å². The van der Waals surface area contributed by atoms with Crippen LogP contribution in [0.1, 0.15) is 5.56 Å². The van der Waals surface area contributed by atoms with E-state index in [9.17, 15) is 9.59 Å². The summed E-state index contributed by atoms with van der Waals surface area (Å²) in [4.78, 5) is 23.4. The molecule has 0 heterocycles. The van der Waals surface area contributed by atoms with E-state index >= 15 is 0 Å². The van der Waals surface area contributed by atoms with E-state index in [1.165, 1.54) is 0 Å². The fourth-order valence-corrected chi connectivity index (χ4v) is 2.07. The van der Waals surface area contributed by atoms with Gasteiger partial charge in [0.25, 0.3) is 0 Å². The van der Waals surface area contributed by atoms with Crippen LogP contribution in [-0.4, -0.2) is 11.8 Å². The van der Waals surface area contributed by atoms with Crippen LogP contribution < -0.4 is 10.6 Å². The minimum Gasteiger partial charge on any atom is -0.344 e. The maximum atomic E-state index is 11.7. The Morgan fingerprint density at radius 3 is 2.19 bits per heavy atom. The topological polar surface area (TPSA) is 58.2 Å². The van der Waals surface area contributed by atoms with Crippen molar-refractivity contribution in [1.82, 2.24) is 5.32 Å². The smallest absolute Gasteiger partial charge is 0.313 e. The summed E-state index contributed by atoms with van der Waals surface area (Å²) in [6, 6.07) is 14.2. The maximum absolute atomic E-state index is 11.7. The normalized spacial score (nSPS) is 10.0. The molecule has 21 heavy (non-hydrogen) atoms. The van der Waals surface area contributed by atoms with Gasteiger partial charge in [0, 0.05) is 20.8 Å². The van der Waals surface area contributed by atoms with Crippen LogP contribution >= 0.6 is 34.2 Å². The van der Waals surface area contributed by atoms with E-state index in [-0.39, 0.29) is 6.54 Å². The molecule has 0 aliphatic carbocycles. The van der Waals surface area contributed by atoms with Crippen LogP contribution in [0.25, 0.3) is 0 Å². The van der Waals surface area contributed by atoms with Gasteiger partial charge in [0.05, 0.1) is 0 Å². The van der Waals surface area contributed by atoms with E-state index in [4.69, 9.17) is 11.6 Å². The number of benzene rings is 2. The fourth-order valence-electron chi connectivity index (χ4n) is 1.59. The number of hydrogen-bond donors (Lipinski definition) is 2. The summed E-state index contributed by atoms with van der Waals surface area (Å²) in [5, 5.41) is 5.72. The van der Waals surface area contributed by atoms with E-state index in [0.717, 1.165) is 9.13 Å². The Morgan fingerprint density at radius 1 is 0.952 bits per heavy atom. The second kappa shape index (κ2) is 7.42. The highest BCUT2D eigenvalue weighted by Gasteiger charge is 2.13. The molecule has 0 radical (unpaired) electrons. The van der Waals surface area contributed by atoms with E-state index in [0.29, 0.717) is 10.7 Å². The first kappa shape index (κ1) is 15.8. The zero-order valence-electron chi connectivity index (χ0n) is 10.9. The lowest BCUT2D eigenvalue weighted by molar-refractivity contribution is -0.136. The zero-order valence-corrected chi connectivity index (χ0v) is 13.8. The molecule has 0 atom stereocenters. The Hall–Kier alpha value is -1.60. The molecule has 0 aromatic heterocycles. The SMILES string of the molecule is O=C(NCc1ccc(Cl)cc1)C(=O)Nc1ccc(I)cc1. The second-order valence-corrected chi connectivity index (χ2v) is 5.95. The number of nitrogens with one attached hydrogen (secondary N) is 2. The molecule has 108 valence electrons. The molecule has 0 unspecified atom stereocenters. The molecule has 0 aliphatic rings. The largest absolute Gasteiger partial charge is 0.344 e. The predicted octanol–water partition coefficient (Wildman–Crippen LogP) is 3.20. The average molecular weight is 415 g/mol. The summed E-state index contributed by atoms with van der Waals surface area (Å²) in [5.41, 5.74) is 1.46. The average Bonchev–Trinajstić information content (AvgIpc) is 2.48. The van der Waals surface area contributed by atoms with Gasteiger partial charge in [-0.25, -0.2) is 0 Å². The summed E-state index contributed by atoms with van der Waals surface area (Å²) in [5.74, 6) is -1.37. The Balaban J connectivity index is 1.86. The van der Waals surface area contributed by atoms with Crippen LogP contribution in [0.4, 0.5) is 5.69 Å². The molecule has 2 N–H and O–H groups in total. The molecule has 0 spiro atoms. The van der Waals surface area contributed by atoms with Crippen molar-refractivity contribution in [2.24, 2.45) is 0 Å². The summed E-state index contributed by atoms with van der Waals surface area (Å²) in [6.45, 7) is 0.274. The minimum absolute atomic E-state index is 0.274. The van der Waals surface area contributed by atoms with Crippen molar-refractivity contribution in [2.75, 3.05) is 5.32 Å². The van der Waals surface area contributed by atoms with Gasteiger partial charge < -0.3 is 10.6 Å². The third-order valence-electron chi connectivity index (χ3n) is 2.67. The second-order valence-electron chi connectivity index (χ2n) is 4.27. The Kier molecular flexibility index (Phi) is 5.58. The molecule has 0 aliphatic heterocycles. The molecule has 2 aromatic carbocycles. The molecular formula is C15H12ClIN2O2. The summed E-state index contributed by atoms with van der Waals surface area (Å²) in [6.07, 6.45) is 0. The summed E-state index contributed by atoms with van der Waals surface area (Å²) < 4.78 is 1.05. The molecule has 2 aromatic rings. The van der Waals surface area contributed by atoms with E-state index < -0.39 is 11.8 Å². The maximum Gasteiger partial charge on any atom is 0.313 e. The quantitative estimate of drug-likeness (QED) is 0.599. The molecule has 0 saturated heterocycles. The Bertz CT molecular complexity index is 642. The first-order valence-corrected chi connectivity index (χ1v) is 7.59. The van der Waals surface area contributed by atoms with Crippen LogP contribution in [0.5, 0.6) is 0 Å². The van der Waals surface area contributed by atoms with Crippen molar-refractivity contribution in [3.05, 3.63) is 62.7 Å². The number of anilines is 1. The molecule has 0 bridgehead atoms. The highest BCUT2D eigenvalue weighted by Crippen LogP contribution is 2.11. The van der Waals surface area contributed by atoms with Crippen molar-refractivity contribution in [1.29, 1.82) is 0 Å². The van der Waals surface area contributed by atoms with Crippen LogP contribution in [-0.2, 0) is 16.1 Å². The number of hydrogen-bond acceptors (Lipinski definition) is 2. The third kappa shape index (κ3) is 5.02. The summed E-state index contributed by atoms with van der Waals surface area (Å²) in [7, 11) is 0. The fraction of sp³-hybridized carbons (Fsp3) is 0.0667. The standard InChI is InChI=1S/C15H12ClIN2O2/c16-11-3-1-10(2-4-11)9-18-14(20)15(21)19-13-7-5-12(17)6-8-13/h1-8H,9H2,(H,18,20)(H,19,21). The number of halogens is 2. The Morgan fingerprint density at radius 2 is 1.57 bits per heavy atom. The molecule has 2 amide bonds. The molecule has 2 rings (SSSR count). The molecule has 0 fully saturated rings. The number of carbonyl (C=O) groups excluding carboxylic acids is 2. The van der Waals surface area contributed by atoms with Crippen molar-refractivity contribution in [3.63, 3.8) is 0 Å². The van der Waals surface area contributed by atoms with Crippen LogP contribution in [0.3, 0.4) is 0 Å². The number of rotatable bonds is 3. The van der Waals surface area contributed by atoms with Gasteiger partial charge in [0.15, 0.2) is 0 Å². The van der Waals surface area contributed by atoms with Gasteiger partial charge in [0.1, 0.15) is 0 Å². The van der Waals surface area contributed by atoms with Gasteiger partial charge in [-0.15, -0.1) is 0 Å². The molecular weight excluding hydrogens is 403 g/mol. The lowest BCUT2D eigenvalue weighted by atomic mass is 10.2. The zero-order chi connectivity index (χ0) is 15.2. The minimum atomic E-state index is -0.690. The van der Waals surface area contributed by atoms with Crippen molar-refractivity contribution in [2.45, 2.75) is 6.54 Å². The number of carbonyl (C=O) groups is 2. The van der Waals surface area contributed by atoms with Gasteiger partial charge in [-0.05, 0) is 64.6 Å². The molecule has 0 saturated carbocycles. The lowest BCUT2D eigenvalue weighted by Gasteiger charge is -2.07. The van der Waals surface area contributed by atoms with Crippen LogP contribution in [0.2, 0.25) is 5.02 Å². The van der Waals surface area contributed by atoms with Crippen molar-refractivity contribution in [3.8, 4) is 0 Å². The van der Waals surface area contributed by atoms with Gasteiger partial charge in [-0.2, -0.15) is 0 Å². The monoisotopic (exact) mass is 414 g/mol. The third-order valence-corrected chi connectivity index (χ3v) is 3.65. The van der Waals surface area contributed by atoms with Gasteiger partial charge in [-0.1, -0.05) is 23.7 Å². The van der Waals surface area contributed by atoms with E-state index in [1.807, 2.05) is 12.1 Å². The van der Waals surface area contributed by atoms with Crippen molar-refractivity contribution < 1.29 is 9.59 Å². The first-order valence-electron chi connectivity index (χ1n) is 6.14. The first-order chi connectivity index (χ1) is 10.0. The van der Waals surface area contributed by atoms with Crippen LogP contribution in [0, 0.1) is 3.57 Å². The molecule has 6 heteroatoms. The predicted molar refractivity (Wildman–Crippen MR) is 91.1 cm³/mol. The highest BCUT2D eigenvalue weighted by atomic mass is 127. The highest BCUT2D eigenvalue weighted by molar-refractivity contribution is 14.1.